The minimum absolute atomic E-state index is 0.208. The monoisotopic (exact) mass is 359 g/mol. The summed E-state index contributed by atoms with van der Waals surface area (Å²) in [6, 6.07) is 8.91. The van der Waals surface area contributed by atoms with Crippen LogP contribution in [0.2, 0.25) is 5.02 Å². The van der Waals surface area contributed by atoms with E-state index < -0.39 is 0 Å². The van der Waals surface area contributed by atoms with Gasteiger partial charge in [-0.2, -0.15) is 0 Å². The molecule has 2 aromatic rings. The van der Waals surface area contributed by atoms with Gasteiger partial charge in [0.1, 0.15) is 5.69 Å². The van der Waals surface area contributed by atoms with Crippen molar-refractivity contribution in [3.63, 3.8) is 0 Å². The Labute approximate surface area is 152 Å². The summed E-state index contributed by atoms with van der Waals surface area (Å²) >= 11 is 5.91. The number of nitrogens with zero attached hydrogens (tertiary/aromatic N) is 2. The summed E-state index contributed by atoms with van der Waals surface area (Å²) < 4.78 is 0. The van der Waals surface area contributed by atoms with E-state index in [9.17, 15) is 9.90 Å². The van der Waals surface area contributed by atoms with Gasteiger partial charge in [0.05, 0.1) is 6.10 Å². The average molecular weight is 360 g/mol. The number of aryl methyl sites for hydroxylation is 1. The molecule has 6 heteroatoms. The number of halogens is 1. The average Bonchev–Trinajstić information content (AvgIpc) is 2.60. The quantitative estimate of drug-likeness (QED) is 0.877. The Morgan fingerprint density at radius 1 is 1.28 bits per heavy atom. The molecule has 25 heavy (non-hydrogen) atoms. The van der Waals surface area contributed by atoms with Gasteiger partial charge in [0.2, 0.25) is 0 Å². The Morgan fingerprint density at radius 2 is 2.04 bits per heavy atom. The number of benzene rings is 1. The maximum Gasteiger partial charge on any atom is 0.270 e. The van der Waals surface area contributed by atoms with E-state index in [0.29, 0.717) is 29.0 Å². The van der Waals surface area contributed by atoms with Crippen molar-refractivity contribution in [3.05, 3.63) is 46.7 Å². The van der Waals surface area contributed by atoms with Crippen molar-refractivity contribution in [1.82, 2.24) is 15.3 Å². The van der Waals surface area contributed by atoms with Gasteiger partial charge in [0, 0.05) is 22.8 Å². The van der Waals surface area contributed by atoms with Crippen LogP contribution in [0.4, 0.5) is 0 Å². The third kappa shape index (κ3) is 4.77. The number of aromatic nitrogens is 2. The predicted molar refractivity (Wildman–Crippen MR) is 97.5 cm³/mol. The molecule has 132 valence electrons. The molecule has 0 saturated heterocycles. The van der Waals surface area contributed by atoms with E-state index >= 15 is 0 Å². The summed E-state index contributed by atoms with van der Waals surface area (Å²) in [6.45, 7) is 2.41. The minimum atomic E-state index is -0.242. The number of rotatable bonds is 4. The Hall–Kier alpha value is -1.98. The van der Waals surface area contributed by atoms with E-state index in [0.717, 1.165) is 36.9 Å². The SMILES string of the molecule is Cc1cc(C(=O)NC[C@@H]2CCC[C@H](O)C2)nc(-c2ccc(Cl)cc2)n1. The van der Waals surface area contributed by atoms with Crippen molar-refractivity contribution in [3.8, 4) is 11.4 Å². The van der Waals surface area contributed by atoms with Gasteiger partial charge in [-0.15, -0.1) is 0 Å². The standard InChI is InChI=1S/C19H22ClN3O2/c1-12-9-17(19(25)21-11-13-3-2-4-16(24)10-13)23-18(22-12)14-5-7-15(20)8-6-14/h5-9,13,16,24H,2-4,10-11H2,1H3,(H,21,25)/t13-,16+/m1/s1. The summed E-state index contributed by atoms with van der Waals surface area (Å²) in [7, 11) is 0. The fraction of sp³-hybridized carbons (Fsp3) is 0.421. The Bertz CT molecular complexity index is 749. The molecular formula is C19H22ClN3O2. The largest absolute Gasteiger partial charge is 0.393 e. The maximum atomic E-state index is 12.5. The molecule has 1 aliphatic carbocycles. The number of nitrogens with one attached hydrogen (secondary N) is 1. The molecule has 2 N–H and O–H groups in total. The molecule has 1 fully saturated rings. The van der Waals surface area contributed by atoms with E-state index in [2.05, 4.69) is 15.3 Å². The number of amides is 1. The summed E-state index contributed by atoms with van der Waals surface area (Å²) in [4.78, 5) is 21.3. The molecule has 0 aliphatic heterocycles. The first-order valence-electron chi connectivity index (χ1n) is 8.59. The maximum absolute atomic E-state index is 12.5. The number of hydrogen-bond acceptors (Lipinski definition) is 4. The fourth-order valence-corrected chi connectivity index (χ4v) is 3.31. The van der Waals surface area contributed by atoms with Crippen LogP contribution in [0.15, 0.2) is 30.3 Å². The molecule has 0 unspecified atom stereocenters. The van der Waals surface area contributed by atoms with E-state index in [1.807, 2.05) is 19.1 Å². The van der Waals surface area contributed by atoms with Crippen LogP contribution in [-0.2, 0) is 0 Å². The van der Waals surface area contributed by atoms with Crippen LogP contribution in [-0.4, -0.2) is 33.6 Å². The van der Waals surface area contributed by atoms with Gasteiger partial charge < -0.3 is 10.4 Å². The third-order valence-electron chi connectivity index (χ3n) is 4.50. The first kappa shape index (κ1) is 17.8. The smallest absolute Gasteiger partial charge is 0.270 e. The third-order valence-corrected chi connectivity index (χ3v) is 4.75. The molecular weight excluding hydrogens is 338 g/mol. The van der Waals surface area contributed by atoms with Gasteiger partial charge in [-0.05, 0) is 62.4 Å². The van der Waals surface area contributed by atoms with Gasteiger partial charge in [-0.25, -0.2) is 9.97 Å². The van der Waals surface area contributed by atoms with Crippen LogP contribution in [0.5, 0.6) is 0 Å². The van der Waals surface area contributed by atoms with Crippen LogP contribution < -0.4 is 5.32 Å². The van der Waals surface area contributed by atoms with E-state index in [4.69, 9.17) is 11.6 Å². The molecule has 1 aromatic heterocycles. The van der Waals surface area contributed by atoms with Gasteiger partial charge in [0.25, 0.3) is 5.91 Å². The van der Waals surface area contributed by atoms with Crippen LogP contribution in [0, 0.1) is 12.8 Å². The molecule has 1 aliphatic rings. The molecule has 1 heterocycles. The van der Waals surface area contributed by atoms with Gasteiger partial charge in [-0.1, -0.05) is 18.0 Å². The number of hydrogen-bond donors (Lipinski definition) is 2. The minimum Gasteiger partial charge on any atom is -0.393 e. The Morgan fingerprint density at radius 3 is 2.76 bits per heavy atom. The molecule has 0 bridgehead atoms. The van der Waals surface area contributed by atoms with Crippen molar-refractivity contribution in [2.24, 2.45) is 5.92 Å². The topological polar surface area (TPSA) is 75.1 Å². The molecule has 5 nitrogen and oxygen atoms in total. The highest BCUT2D eigenvalue weighted by Gasteiger charge is 2.21. The van der Waals surface area contributed by atoms with Gasteiger partial charge >= 0.3 is 0 Å². The van der Waals surface area contributed by atoms with Crippen molar-refractivity contribution < 1.29 is 9.90 Å². The van der Waals surface area contributed by atoms with Crippen LogP contribution in [0.1, 0.15) is 41.9 Å². The second-order valence-electron chi connectivity index (χ2n) is 6.62. The zero-order valence-electron chi connectivity index (χ0n) is 14.2. The zero-order valence-corrected chi connectivity index (χ0v) is 15.0. The molecule has 0 radical (unpaired) electrons. The van der Waals surface area contributed by atoms with Crippen LogP contribution in [0.25, 0.3) is 11.4 Å². The van der Waals surface area contributed by atoms with Crippen molar-refractivity contribution in [2.75, 3.05) is 6.54 Å². The highest BCUT2D eigenvalue weighted by atomic mass is 35.5. The molecule has 1 saturated carbocycles. The number of carbonyl (C=O) groups excluding carboxylic acids is 1. The highest BCUT2D eigenvalue weighted by Crippen LogP contribution is 2.23. The van der Waals surface area contributed by atoms with Crippen molar-refractivity contribution in [1.29, 1.82) is 0 Å². The lowest BCUT2D eigenvalue weighted by molar-refractivity contribution is 0.0870. The summed E-state index contributed by atoms with van der Waals surface area (Å²) in [5.41, 5.74) is 1.91. The lowest BCUT2D eigenvalue weighted by Gasteiger charge is -2.25. The van der Waals surface area contributed by atoms with Crippen molar-refractivity contribution in [2.45, 2.75) is 38.7 Å². The molecule has 1 amide bonds. The van der Waals surface area contributed by atoms with Crippen LogP contribution in [0.3, 0.4) is 0 Å². The van der Waals surface area contributed by atoms with Gasteiger partial charge in [-0.3, -0.25) is 4.79 Å². The summed E-state index contributed by atoms with van der Waals surface area (Å²) in [6.07, 6.45) is 3.41. The lowest BCUT2D eigenvalue weighted by Crippen LogP contribution is -2.33. The zero-order chi connectivity index (χ0) is 17.8. The van der Waals surface area contributed by atoms with Gasteiger partial charge in [0.15, 0.2) is 5.82 Å². The second-order valence-corrected chi connectivity index (χ2v) is 7.06. The highest BCUT2D eigenvalue weighted by molar-refractivity contribution is 6.30. The van der Waals surface area contributed by atoms with E-state index in [1.54, 1.807) is 18.2 Å². The number of carbonyl (C=O) groups is 1. The summed E-state index contributed by atoms with van der Waals surface area (Å²) in [5.74, 6) is 0.627. The van der Waals surface area contributed by atoms with Crippen molar-refractivity contribution >= 4 is 17.5 Å². The summed E-state index contributed by atoms with van der Waals surface area (Å²) in [5, 5.41) is 13.3. The number of aliphatic hydroxyl groups is 1. The first-order valence-corrected chi connectivity index (χ1v) is 8.97. The molecule has 2 atom stereocenters. The van der Waals surface area contributed by atoms with E-state index in [1.165, 1.54) is 0 Å². The fourth-order valence-electron chi connectivity index (χ4n) is 3.19. The number of aliphatic hydroxyl groups excluding tert-OH is 1. The lowest BCUT2D eigenvalue weighted by atomic mass is 9.87. The van der Waals surface area contributed by atoms with E-state index in [-0.39, 0.29) is 12.0 Å². The molecule has 0 spiro atoms. The van der Waals surface area contributed by atoms with Crippen LogP contribution >= 0.6 is 11.6 Å². The molecule has 3 rings (SSSR count). The molecule has 1 aromatic carbocycles. The second kappa shape index (κ2) is 7.93. The predicted octanol–water partition coefficient (Wildman–Crippen LogP) is 3.39. The first-order chi connectivity index (χ1) is 12.0. The Kier molecular flexibility index (Phi) is 5.66. The Balaban J connectivity index is 1.71. The normalized spacial score (nSPS) is 20.3.